The third kappa shape index (κ3) is 6.76. The van der Waals surface area contributed by atoms with Crippen molar-refractivity contribution in [3.63, 3.8) is 0 Å². The number of thiazole rings is 1. The lowest BCUT2D eigenvalue weighted by atomic mass is 10.0. The molecule has 0 radical (unpaired) electrons. The highest BCUT2D eigenvalue weighted by Crippen LogP contribution is 2.24. The second kappa shape index (κ2) is 10.9. The molecular formula is C25H29N3O2S. The Balaban J connectivity index is 1.59. The van der Waals surface area contributed by atoms with Crippen LogP contribution in [0.25, 0.3) is 10.6 Å². The van der Waals surface area contributed by atoms with Crippen molar-refractivity contribution in [2.24, 2.45) is 5.92 Å². The molecule has 1 unspecified atom stereocenters. The normalized spacial score (nSPS) is 11.9. The SMILES string of the molecule is Cc1ccc(-c2nc(CCNC(=O)C(NC(=O)CC(C)C)c3ccccc3)cs2)cc1. The highest BCUT2D eigenvalue weighted by Gasteiger charge is 2.22. The molecule has 0 aliphatic rings. The largest absolute Gasteiger partial charge is 0.354 e. The maximum absolute atomic E-state index is 12.9. The Morgan fingerprint density at radius 3 is 2.42 bits per heavy atom. The van der Waals surface area contributed by atoms with Crippen LogP contribution in [-0.4, -0.2) is 23.3 Å². The lowest BCUT2D eigenvalue weighted by Crippen LogP contribution is -2.41. The van der Waals surface area contributed by atoms with Gasteiger partial charge in [0.25, 0.3) is 0 Å². The molecule has 1 atom stereocenters. The van der Waals surface area contributed by atoms with Gasteiger partial charge in [-0.15, -0.1) is 11.3 Å². The molecule has 162 valence electrons. The first-order valence-corrected chi connectivity index (χ1v) is 11.4. The van der Waals surface area contributed by atoms with Gasteiger partial charge in [-0.2, -0.15) is 0 Å². The van der Waals surface area contributed by atoms with E-state index < -0.39 is 6.04 Å². The molecule has 1 aromatic heterocycles. The summed E-state index contributed by atoms with van der Waals surface area (Å²) in [6.45, 7) is 6.48. The Labute approximate surface area is 187 Å². The quantitative estimate of drug-likeness (QED) is 0.513. The second-order valence-electron chi connectivity index (χ2n) is 8.06. The predicted molar refractivity (Wildman–Crippen MR) is 126 cm³/mol. The van der Waals surface area contributed by atoms with Crippen LogP contribution in [0.1, 0.15) is 43.1 Å². The van der Waals surface area contributed by atoms with Crippen LogP contribution in [0.4, 0.5) is 0 Å². The molecular weight excluding hydrogens is 406 g/mol. The summed E-state index contributed by atoms with van der Waals surface area (Å²) in [5.74, 6) is -0.106. The van der Waals surface area contributed by atoms with Crippen molar-refractivity contribution < 1.29 is 9.59 Å². The number of carbonyl (C=O) groups excluding carboxylic acids is 2. The maximum atomic E-state index is 12.9. The van der Waals surface area contributed by atoms with Gasteiger partial charge < -0.3 is 10.6 Å². The van der Waals surface area contributed by atoms with Crippen molar-refractivity contribution in [2.75, 3.05) is 6.54 Å². The van der Waals surface area contributed by atoms with Crippen LogP contribution in [0.2, 0.25) is 0 Å². The molecule has 2 amide bonds. The number of aromatic nitrogens is 1. The Morgan fingerprint density at radius 1 is 1.03 bits per heavy atom. The van der Waals surface area contributed by atoms with Gasteiger partial charge >= 0.3 is 0 Å². The van der Waals surface area contributed by atoms with E-state index in [0.29, 0.717) is 19.4 Å². The van der Waals surface area contributed by atoms with Crippen LogP contribution < -0.4 is 10.6 Å². The molecule has 5 nitrogen and oxygen atoms in total. The number of benzene rings is 2. The minimum absolute atomic E-state index is 0.124. The molecule has 0 bridgehead atoms. The van der Waals surface area contributed by atoms with Crippen LogP contribution in [0.15, 0.2) is 60.0 Å². The van der Waals surface area contributed by atoms with Crippen LogP contribution >= 0.6 is 11.3 Å². The van der Waals surface area contributed by atoms with Gasteiger partial charge in [-0.1, -0.05) is 74.0 Å². The standard InChI is InChI=1S/C25H29N3O2S/c1-17(2)15-22(29)28-23(19-7-5-4-6-8-19)24(30)26-14-13-21-16-31-25(27-21)20-11-9-18(3)10-12-20/h4-12,16-17,23H,13-15H2,1-3H3,(H,26,30)(H,28,29). The summed E-state index contributed by atoms with van der Waals surface area (Å²) in [6.07, 6.45) is 1.02. The first-order chi connectivity index (χ1) is 14.9. The van der Waals surface area contributed by atoms with Gasteiger partial charge in [0.1, 0.15) is 11.0 Å². The predicted octanol–water partition coefficient (Wildman–Crippen LogP) is 4.68. The molecule has 0 fully saturated rings. The van der Waals surface area contributed by atoms with Gasteiger partial charge in [0.2, 0.25) is 11.8 Å². The first-order valence-electron chi connectivity index (χ1n) is 10.6. The van der Waals surface area contributed by atoms with Gasteiger partial charge in [-0.05, 0) is 18.4 Å². The number of hydrogen-bond donors (Lipinski definition) is 2. The number of hydrogen-bond acceptors (Lipinski definition) is 4. The van der Waals surface area contributed by atoms with Crippen molar-refractivity contribution >= 4 is 23.2 Å². The molecule has 2 aromatic carbocycles. The summed E-state index contributed by atoms with van der Waals surface area (Å²) in [7, 11) is 0. The van der Waals surface area contributed by atoms with Crippen molar-refractivity contribution in [2.45, 2.75) is 39.7 Å². The van der Waals surface area contributed by atoms with Gasteiger partial charge in [-0.25, -0.2) is 4.98 Å². The van der Waals surface area contributed by atoms with Gasteiger partial charge in [-0.3, -0.25) is 9.59 Å². The fourth-order valence-electron chi connectivity index (χ4n) is 3.20. The molecule has 1 heterocycles. The smallest absolute Gasteiger partial charge is 0.247 e. The summed E-state index contributed by atoms with van der Waals surface area (Å²) in [5, 5.41) is 8.84. The fraction of sp³-hybridized carbons (Fsp3) is 0.320. The highest BCUT2D eigenvalue weighted by atomic mass is 32.1. The van der Waals surface area contributed by atoms with Crippen molar-refractivity contribution in [1.82, 2.24) is 15.6 Å². The zero-order valence-electron chi connectivity index (χ0n) is 18.2. The molecule has 0 saturated heterocycles. The molecule has 0 spiro atoms. The zero-order chi connectivity index (χ0) is 22.2. The van der Waals surface area contributed by atoms with E-state index in [-0.39, 0.29) is 17.7 Å². The number of amides is 2. The Kier molecular flexibility index (Phi) is 7.95. The second-order valence-corrected chi connectivity index (χ2v) is 8.92. The minimum Gasteiger partial charge on any atom is -0.354 e. The zero-order valence-corrected chi connectivity index (χ0v) is 19.0. The molecule has 0 aliphatic carbocycles. The lowest BCUT2D eigenvalue weighted by molar-refractivity contribution is -0.129. The average molecular weight is 436 g/mol. The number of nitrogens with zero attached hydrogens (tertiary/aromatic N) is 1. The molecule has 2 N–H and O–H groups in total. The molecule has 0 saturated carbocycles. The van der Waals surface area contributed by atoms with Gasteiger partial charge in [0.15, 0.2) is 0 Å². The van der Waals surface area contributed by atoms with E-state index in [0.717, 1.165) is 21.8 Å². The average Bonchev–Trinajstić information content (AvgIpc) is 3.21. The van der Waals surface area contributed by atoms with E-state index in [1.165, 1.54) is 5.56 Å². The van der Waals surface area contributed by atoms with E-state index in [1.807, 2.05) is 49.6 Å². The highest BCUT2D eigenvalue weighted by molar-refractivity contribution is 7.13. The Morgan fingerprint density at radius 2 is 1.74 bits per heavy atom. The summed E-state index contributed by atoms with van der Waals surface area (Å²) in [4.78, 5) is 29.9. The van der Waals surface area contributed by atoms with Crippen LogP contribution in [-0.2, 0) is 16.0 Å². The van der Waals surface area contributed by atoms with Crippen molar-refractivity contribution in [1.29, 1.82) is 0 Å². The lowest BCUT2D eigenvalue weighted by Gasteiger charge is -2.19. The van der Waals surface area contributed by atoms with Gasteiger partial charge in [0, 0.05) is 30.3 Å². The monoisotopic (exact) mass is 435 g/mol. The first kappa shape index (κ1) is 22.7. The number of rotatable bonds is 9. The summed E-state index contributed by atoms with van der Waals surface area (Å²) < 4.78 is 0. The van der Waals surface area contributed by atoms with Crippen LogP contribution in [0, 0.1) is 12.8 Å². The molecule has 6 heteroatoms. The summed E-state index contributed by atoms with van der Waals surface area (Å²) in [6, 6.07) is 16.9. The van der Waals surface area contributed by atoms with E-state index >= 15 is 0 Å². The van der Waals surface area contributed by atoms with Crippen molar-refractivity contribution in [3.8, 4) is 10.6 Å². The van der Waals surface area contributed by atoms with Crippen LogP contribution in [0.5, 0.6) is 0 Å². The topological polar surface area (TPSA) is 71.1 Å². The maximum Gasteiger partial charge on any atom is 0.247 e. The summed E-state index contributed by atoms with van der Waals surface area (Å²) >= 11 is 1.60. The molecule has 3 rings (SSSR count). The Hall–Kier alpha value is -2.99. The van der Waals surface area contributed by atoms with Crippen LogP contribution in [0.3, 0.4) is 0 Å². The molecule has 0 aliphatic heterocycles. The Bertz CT molecular complexity index is 997. The molecule has 3 aromatic rings. The van der Waals surface area contributed by atoms with E-state index in [4.69, 9.17) is 0 Å². The van der Waals surface area contributed by atoms with E-state index in [9.17, 15) is 9.59 Å². The number of aryl methyl sites for hydroxylation is 1. The third-order valence-corrected chi connectivity index (χ3v) is 5.76. The van der Waals surface area contributed by atoms with Crippen molar-refractivity contribution in [3.05, 3.63) is 76.8 Å². The minimum atomic E-state index is -0.703. The van der Waals surface area contributed by atoms with Gasteiger partial charge in [0.05, 0.1) is 5.69 Å². The number of nitrogens with one attached hydrogen (secondary N) is 2. The van der Waals surface area contributed by atoms with E-state index in [2.05, 4.69) is 46.8 Å². The molecule has 31 heavy (non-hydrogen) atoms. The number of carbonyl (C=O) groups is 2. The summed E-state index contributed by atoms with van der Waals surface area (Å²) in [5.41, 5.74) is 4.04. The van der Waals surface area contributed by atoms with E-state index in [1.54, 1.807) is 11.3 Å². The third-order valence-electron chi connectivity index (χ3n) is 4.82. The fourth-order valence-corrected chi connectivity index (χ4v) is 4.06.